The molecule has 0 radical (unpaired) electrons. The molecule has 1 amide bonds. The van der Waals surface area contributed by atoms with E-state index in [1.807, 2.05) is 6.07 Å². The van der Waals surface area contributed by atoms with Crippen molar-refractivity contribution in [2.45, 2.75) is 32.1 Å². The highest BCUT2D eigenvalue weighted by atomic mass is 19.1. The summed E-state index contributed by atoms with van der Waals surface area (Å²) < 4.78 is 33.6. The minimum absolute atomic E-state index is 0.0621. The van der Waals surface area contributed by atoms with Gasteiger partial charge in [-0.3, -0.25) is 4.79 Å². The molecule has 0 bridgehead atoms. The predicted octanol–water partition coefficient (Wildman–Crippen LogP) is 4.13. The smallest absolute Gasteiger partial charge is 0.359 e. The molecule has 0 saturated carbocycles. The van der Waals surface area contributed by atoms with Crippen molar-refractivity contribution in [3.63, 3.8) is 0 Å². The van der Waals surface area contributed by atoms with Crippen LogP contribution in [0, 0.1) is 23.0 Å². The van der Waals surface area contributed by atoms with Gasteiger partial charge >= 0.3 is 5.97 Å². The number of amides is 1. The summed E-state index contributed by atoms with van der Waals surface area (Å²) >= 11 is 0. The van der Waals surface area contributed by atoms with Crippen molar-refractivity contribution in [2.24, 2.45) is 0 Å². The van der Waals surface area contributed by atoms with Crippen LogP contribution < -0.4 is 4.90 Å². The van der Waals surface area contributed by atoms with E-state index in [-0.39, 0.29) is 24.5 Å². The lowest BCUT2D eigenvalue weighted by atomic mass is 9.95. The number of hydrogen-bond acceptors (Lipinski definition) is 5. The predicted molar refractivity (Wildman–Crippen MR) is 119 cm³/mol. The second kappa shape index (κ2) is 10.3. The summed E-state index contributed by atoms with van der Waals surface area (Å²) in [4.78, 5) is 27.0. The van der Waals surface area contributed by atoms with Crippen LogP contribution in [0.25, 0.3) is 5.69 Å². The molecule has 1 aliphatic carbocycles. The second-order valence-electron chi connectivity index (χ2n) is 7.88. The maximum absolute atomic E-state index is 13.4. The fraction of sp³-hybridized carbons (Fsp3) is 0.280. The first-order chi connectivity index (χ1) is 16.5. The molecule has 0 unspecified atom stereocenters. The molecule has 0 saturated heterocycles. The van der Waals surface area contributed by atoms with Crippen LogP contribution in [0.1, 0.15) is 41.0 Å². The highest BCUT2D eigenvalue weighted by Crippen LogP contribution is 2.27. The number of hydrogen-bond donors (Lipinski definition) is 0. The van der Waals surface area contributed by atoms with Gasteiger partial charge in [0.05, 0.1) is 18.2 Å². The Morgan fingerprint density at radius 1 is 1.03 bits per heavy atom. The molecule has 0 N–H and O–H groups in total. The van der Waals surface area contributed by atoms with E-state index in [1.54, 1.807) is 16.8 Å². The number of ether oxygens (including phenoxy) is 1. The number of carbonyl (C=O) groups excluding carboxylic acids is 2. The van der Waals surface area contributed by atoms with Crippen LogP contribution in [-0.4, -0.2) is 34.8 Å². The Morgan fingerprint density at radius 2 is 1.68 bits per heavy atom. The standard InChI is InChI=1S/C25H22F2N4O3/c26-17-6-10-19(11-7-17)30(15-3-14-28)23(32)16-34-25(33)24-21-4-1-2-5-22(21)31(29-24)20-12-8-18(27)9-13-20/h6-13H,1-5,15-16H2. The number of nitriles is 1. The van der Waals surface area contributed by atoms with Gasteiger partial charge in [-0.25, -0.2) is 18.3 Å². The second-order valence-corrected chi connectivity index (χ2v) is 7.88. The molecule has 9 heteroatoms. The molecule has 3 aromatic rings. The molecular weight excluding hydrogens is 442 g/mol. The number of nitrogens with zero attached hydrogens (tertiary/aromatic N) is 4. The van der Waals surface area contributed by atoms with Crippen molar-refractivity contribution < 1.29 is 23.1 Å². The topological polar surface area (TPSA) is 88.2 Å². The number of aromatic nitrogens is 2. The van der Waals surface area contributed by atoms with Crippen molar-refractivity contribution in [1.29, 1.82) is 5.26 Å². The van der Waals surface area contributed by atoms with Gasteiger partial charge in [0.25, 0.3) is 5.91 Å². The first-order valence-corrected chi connectivity index (χ1v) is 10.9. The van der Waals surface area contributed by atoms with E-state index in [0.29, 0.717) is 17.8 Å². The van der Waals surface area contributed by atoms with E-state index in [9.17, 15) is 18.4 Å². The Morgan fingerprint density at radius 3 is 2.35 bits per heavy atom. The molecule has 174 valence electrons. The summed E-state index contributed by atoms with van der Waals surface area (Å²) in [6.07, 6.45) is 3.27. The number of halogens is 2. The fourth-order valence-electron chi connectivity index (χ4n) is 4.01. The van der Waals surface area contributed by atoms with Crippen molar-refractivity contribution >= 4 is 17.6 Å². The lowest BCUT2D eigenvalue weighted by Crippen LogP contribution is -2.35. The SMILES string of the molecule is N#CCCN(C(=O)COC(=O)c1nn(-c2ccc(F)cc2)c2c1CCCC2)c1ccc(F)cc1. The average molecular weight is 464 g/mol. The minimum Gasteiger partial charge on any atom is -0.451 e. The summed E-state index contributed by atoms with van der Waals surface area (Å²) in [5, 5.41) is 13.4. The van der Waals surface area contributed by atoms with E-state index in [0.717, 1.165) is 30.5 Å². The van der Waals surface area contributed by atoms with Gasteiger partial charge in [-0.15, -0.1) is 0 Å². The molecule has 2 aromatic carbocycles. The summed E-state index contributed by atoms with van der Waals surface area (Å²) in [7, 11) is 0. The van der Waals surface area contributed by atoms with Gasteiger partial charge in [-0.2, -0.15) is 10.4 Å². The van der Waals surface area contributed by atoms with Crippen molar-refractivity contribution in [1.82, 2.24) is 9.78 Å². The van der Waals surface area contributed by atoms with E-state index >= 15 is 0 Å². The quantitative estimate of drug-likeness (QED) is 0.491. The molecule has 1 aliphatic rings. The first-order valence-electron chi connectivity index (χ1n) is 10.9. The first kappa shape index (κ1) is 23.1. The zero-order chi connectivity index (χ0) is 24.1. The lowest BCUT2D eigenvalue weighted by molar-refractivity contribution is -0.121. The summed E-state index contributed by atoms with van der Waals surface area (Å²) in [6.45, 7) is -0.479. The van der Waals surface area contributed by atoms with Crippen LogP contribution >= 0.6 is 0 Å². The van der Waals surface area contributed by atoms with Gasteiger partial charge in [-0.1, -0.05) is 0 Å². The van der Waals surface area contributed by atoms with Gasteiger partial charge in [0.1, 0.15) is 11.6 Å². The Hall–Kier alpha value is -4.06. The fourth-order valence-corrected chi connectivity index (χ4v) is 4.01. The maximum Gasteiger partial charge on any atom is 0.359 e. The van der Waals surface area contributed by atoms with E-state index in [1.165, 1.54) is 41.3 Å². The van der Waals surface area contributed by atoms with Gasteiger partial charge in [0.2, 0.25) is 0 Å². The Kier molecular flexibility index (Phi) is 6.97. The Balaban J connectivity index is 1.53. The molecule has 7 nitrogen and oxygen atoms in total. The number of carbonyl (C=O) groups is 2. The number of rotatable bonds is 7. The third-order valence-electron chi connectivity index (χ3n) is 5.66. The number of benzene rings is 2. The number of fused-ring (bicyclic) bond motifs is 1. The molecule has 0 fully saturated rings. The lowest BCUT2D eigenvalue weighted by Gasteiger charge is -2.21. The van der Waals surface area contributed by atoms with E-state index in [2.05, 4.69) is 5.10 Å². The molecule has 0 atom stereocenters. The van der Waals surface area contributed by atoms with Gasteiger partial charge in [0, 0.05) is 23.5 Å². The zero-order valence-electron chi connectivity index (χ0n) is 18.3. The molecule has 1 heterocycles. The van der Waals surface area contributed by atoms with E-state index in [4.69, 9.17) is 10.00 Å². The van der Waals surface area contributed by atoms with Crippen LogP contribution in [0.2, 0.25) is 0 Å². The normalized spacial score (nSPS) is 12.5. The number of anilines is 1. The molecular formula is C25H22F2N4O3. The monoisotopic (exact) mass is 464 g/mol. The summed E-state index contributed by atoms with van der Waals surface area (Å²) in [6, 6.07) is 13.1. The minimum atomic E-state index is -0.730. The van der Waals surface area contributed by atoms with Crippen LogP contribution in [0.3, 0.4) is 0 Å². The maximum atomic E-state index is 13.4. The highest BCUT2D eigenvalue weighted by Gasteiger charge is 2.27. The summed E-state index contributed by atoms with van der Waals surface area (Å²) in [5.74, 6) is -2.09. The van der Waals surface area contributed by atoms with Crippen LogP contribution in [0.4, 0.5) is 14.5 Å². The van der Waals surface area contributed by atoms with Gasteiger partial charge < -0.3 is 9.64 Å². The molecule has 4 rings (SSSR count). The average Bonchev–Trinajstić information content (AvgIpc) is 3.24. The van der Waals surface area contributed by atoms with Crippen molar-refractivity contribution in [3.8, 4) is 11.8 Å². The summed E-state index contributed by atoms with van der Waals surface area (Å²) in [5.41, 5.74) is 2.81. The molecule has 1 aromatic heterocycles. The van der Waals surface area contributed by atoms with Crippen LogP contribution in [0.5, 0.6) is 0 Å². The largest absolute Gasteiger partial charge is 0.451 e. The zero-order valence-corrected chi connectivity index (χ0v) is 18.3. The van der Waals surface area contributed by atoms with Crippen LogP contribution in [0.15, 0.2) is 48.5 Å². The molecule has 0 aliphatic heterocycles. The number of esters is 1. The third-order valence-corrected chi connectivity index (χ3v) is 5.66. The molecule has 0 spiro atoms. The molecule has 34 heavy (non-hydrogen) atoms. The van der Waals surface area contributed by atoms with Gasteiger partial charge in [0.15, 0.2) is 12.3 Å². The Bertz CT molecular complexity index is 1230. The Labute approximate surface area is 195 Å². The van der Waals surface area contributed by atoms with Gasteiger partial charge in [-0.05, 0) is 74.2 Å². The van der Waals surface area contributed by atoms with Crippen LogP contribution in [-0.2, 0) is 22.4 Å². The van der Waals surface area contributed by atoms with E-state index < -0.39 is 24.3 Å². The van der Waals surface area contributed by atoms with Crippen molar-refractivity contribution in [2.75, 3.05) is 18.1 Å². The van der Waals surface area contributed by atoms with Crippen molar-refractivity contribution in [3.05, 3.63) is 77.1 Å². The third kappa shape index (κ3) is 4.96. The highest BCUT2D eigenvalue weighted by molar-refractivity contribution is 5.97.